The number of halogens is 1. The summed E-state index contributed by atoms with van der Waals surface area (Å²) in [6.07, 6.45) is -0.167. The SMILES string of the molecule is COc1cc(NC(=O)CC(C)(C(=O)O)C(C)C)ccc1F. The van der Waals surface area contributed by atoms with Crippen molar-refractivity contribution in [3.8, 4) is 5.75 Å². The summed E-state index contributed by atoms with van der Waals surface area (Å²) in [7, 11) is 1.32. The molecule has 116 valence electrons. The lowest BCUT2D eigenvalue weighted by Gasteiger charge is -2.28. The van der Waals surface area contributed by atoms with Crippen molar-refractivity contribution in [2.24, 2.45) is 11.3 Å². The van der Waals surface area contributed by atoms with E-state index in [4.69, 9.17) is 4.74 Å². The molecule has 0 saturated carbocycles. The molecule has 6 heteroatoms. The molecule has 0 fully saturated rings. The first-order valence-corrected chi connectivity index (χ1v) is 6.57. The number of aliphatic carboxylic acids is 1. The molecule has 1 aromatic rings. The number of amides is 1. The zero-order valence-electron chi connectivity index (χ0n) is 12.6. The summed E-state index contributed by atoms with van der Waals surface area (Å²) in [4.78, 5) is 23.4. The van der Waals surface area contributed by atoms with Crippen LogP contribution in [0.15, 0.2) is 18.2 Å². The van der Waals surface area contributed by atoms with Crippen molar-refractivity contribution < 1.29 is 23.8 Å². The average Bonchev–Trinajstić information content (AvgIpc) is 2.40. The molecule has 2 N–H and O–H groups in total. The van der Waals surface area contributed by atoms with Gasteiger partial charge in [-0.1, -0.05) is 13.8 Å². The van der Waals surface area contributed by atoms with Crippen LogP contribution in [0.1, 0.15) is 27.2 Å². The summed E-state index contributed by atoms with van der Waals surface area (Å²) in [5.74, 6) is -2.19. The number of hydrogen-bond donors (Lipinski definition) is 2. The minimum absolute atomic E-state index is 0.0117. The van der Waals surface area contributed by atoms with E-state index in [0.717, 1.165) is 0 Å². The third-order valence-corrected chi connectivity index (χ3v) is 3.73. The molecule has 0 radical (unpaired) electrons. The van der Waals surface area contributed by atoms with E-state index >= 15 is 0 Å². The number of carboxylic acids is 1. The second-order valence-electron chi connectivity index (χ2n) is 5.45. The molecule has 1 amide bonds. The quantitative estimate of drug-likeness (QED) is 0.846. The van der Waals surface area contributed by atoms with Crippen LogP contribution in [0.4, 0.5) is 10.1 Å². The van der Waals surface area contributed by atoms with Crippen LogP contribution in [0, 0.1) is 17.2 Å². The Balaban J connectivity index is 2.84. The molecular weight excluding hydrogens is 277 g/mol. The standard InChI is InChI=1S/C15H20FNO4/c1-9(2)15(3,14(19)20)8-13(18)17-10-5-6-11(16)12(7-10)21-4/h5-7,9H,8H2,1-4H3,(H,17,18)(H,19,20). The van der Waals surface area contributed by atoms with Crippen molar-refractivity contribution in [1.82, 2.24) is 0 Å². The third kappa shape index (κ3) is 3.93. The first-order chi connectivity index (χ1) is 9.70. The van der Waals surface area contributed by atoms with E-state index in [1.165, 1.54) is 32.2 Å². The molecule has 0 aliphatic rings. The maximum absolute atomic E-state index is 13.3. The van der Waals surface area contributed by atoms with Gasteiger partial charge in [-0.3, -0.25) is 9.59 Å². The lowest BCUT2D eigenvalue weighted by Crippen LogP contribution is -2.37. The zero-order valence-corrected chi connectivity index (χ0v) is 12.6. The molecule has 0 aliphatic carbocycles. The summed E-state index contributed by atoms with van der Waals surface area (Å²) in [5.41, 5.74) is -0.802. The van der Waals surface area contributed by atoms with Gasteiger partial charge in [-0.25, -0.2) is 4.39 Å². The molecule has 1 aromatic carbocycles. The Hall–Kier alpha value is -2.11. The number of carbonyl (C=O) groups excluding carboxylic acids is 1. The normalized spacial score (nSPS) is 13.6. The van der Waals surface area contributed by atoms with Crippen molar-refractivity contribution in [2.45, 2.75) is 27.2 Å². The molecule has 0 aromatic heterocycles. The topological polar surface area (TPSA) is 75.6 Å². The van der Waals surface area contributed by atoms with E-state index in [-0.39, 0.29) is 18.1 Å². The monoisotopic (exact) mass is 297 g/mol. The largest absolute Gasteiger partial charge is 0.494 e. The Labute approximate surface area is 123 Å². The Morgan fingerprint density at radius 2 is 2.05 bits per heavy atom. The molecule has 21 heavy (non-hydrogen) atoms. The van der Waals surface area contributed by atoms with Crippen molar-refractivity contribution in [2.75, 3.05) is 12.4 Å². The highest BCUT2D eigenvalue weighted by molar-refractivity contribution is 5.94. The van der Waals surface area contributed by atoms with Crippen molar-refractivity contribution in [1.29, 1.82) is 0 Å². The molecule has 0 heterocycles. The van der Waals surface area contributed by atoms with Crippen LogP contribution in [0.25, 0.3) is 0 Å². The number of carboxylic acid groups (broad SMARTS) is 1. The number of rotatable bonds is 6. The van der Waals surface area contributed by atoms with Crippen LogP contribution in [-0.2, 0) is 9.59 Å². The van der Waals surface area contributed by atoms with Gasteiger partial charge in [0.25, 0.3) is 0 Å². The van der Waals surface area contributed by atoms with E-state index in [0.29, 0.717) is 5.69 Å². The first-order valence-electron chi connectivity index (χ1n) is 6.57. The highest BCUT2D eigenvalue weighted by Crippen LogP contribution is 2.32. The number of carbonyl (C=O) groups is 2. The highest BCUT2D eigenvalue weighted by Gasteiger charge is 2.38. The molecule has 1 unspecified atom stereocenters. The van der Waals surface area contributed by atoms with Crippen LogP contribution >= 0.6 is 0 Å². The minimum Gasteiger partial charge on any atom is -0.494 e. The fraction of sp³-hybridized carbons (Fsp3) is 0.467. The second-order valence-corrected chi connectivity index (χ2v) is 5.45. The second kappa shape index (κ2) is 6.56. The number of nitrogens with one attached hydrogen (secondary N) is 1. The Morgan fingerprint density at radius 1 is 1.43 bits per heavy atom. The fourth-order valence-electron chi connectivity index (χ4n) is 1.80. The average molecular weight is 297 g/mol. The van der Waals surface area contributed by atoms with Crippen molar-refractivity contribution >= 4 is 17.6 Å². The Morgan fingerprint density at radius 3 is 2.52 bits per heavy atom. The van der Waals surface area contributed by atoms with Gasteiger partial charge in [0.1, 0.15) is 0 Å². The number of anilines is 1. The lowest BCUT2D eigenvalue weighted by atomic mass is 9.76. The van der Waals surface area contributed by atoms with Gasteiger partial charge in [0.05, 0.1) is 12.5 Å². The number of hydrogen-bond acceptors (Lipinski definition) is 3. The third-order valence-electron chi connectivity index (χ3n) is 3.73. The highest BCUT2D eigenvalue weighted by atomic mass is 19.1. The molecule has 0 spiro atoms. The van der Waals surface area contributed by atoms with Crippen LogP contribution in [0.3, 0.4) is 0 Å². The smallest absolute Gasteiger partial charge is 0.310 e. The van der Waals surface area contributed by atoms with E-state index in [9.17, 15) is 19.1 Å². The van der Waals surface area contributed by atoms with Crippen molar-refractivity contribution in [3.63, 3.8) is 0 Å². The van der Waals surface area contributed by atoms with Crippen LogP contribution in [-0.4, -0.2) is 24.1 Å². The summed E-state index contributed by atoms with van der Waals surface area (Å²) >= 11 is 0. The summed E-state index contributed by atoms with van der Waals surface area (Å²) < 4.78 is 18.1. The van der Waals surface area contributed by atoms with E-state index in [2.05, 4.69) is 5.32 Å². The van der Waals surface area contributed by atoms with Crippen molar-refractivity contribution in [3.05, 3.63) is 24.0 Å². The van der Waals surface area contributed by atoms with Gasteiger partial charge in [0.2, 0.25) is 5.91 Å². The Bertz CT molecular complexity index is 544. The molecule has 0 bridgehead atoms. The number of methoxy groups -OCH3 is 1. The molecule has 5 nitrogen and oxygen atoms in total. The summed E-state index contributed by atoms with van der Waals surface area (Å²) in [5, 5.41) is 11.8. The minimum atomic E-state index is -1.16. The van der Waals surface area contributed by atoms with E-state index in [1.54, 1.807) is 13.8 Å². The summed E-state index contributed by atoms with van der Waals surface area (Å²) in [6, 6.07) is 3.91. The Kier molecular flexibility index (Phi) is 5.29. The van der Waals surface area contributed by atoms with E-state index < -0.39 is 23.1 Å². The first kappa shape index (κ1) is 16.9. The predicted molar refractivity (Wildman–Crippen MR) is 76.8 cm³/mol. The zero-order chi connectivity index (χ0) is 16.2. The van der Waals surface area contributed by atoms with E-state index in [1.807, 2.05) is 0 Å². The van der Waals surface area contributed by atoms with Crippen LogP contribution < -0.4 is 10.1 Å². The fourth-order valence-corrected chi connectivity index (χ4v) is 1.80. The maximum Gasteiger partial charge on any atom is 0.310 e. The van der Waals surface area contributed by atoms with Gasteiger partial charge < -0.3 is 15.2 Å². The summed E-state index contributed by atoms with van der Waals surface area (Å²) in [6.45, 7) is 5.04. The molecule has 1 rings (SSSR count). The van der Waals surface area contributed by atoms with Crippen LogP contribution in [0.2, 0.25) is 0 Å². The van der Waals surface area contributed by atoms with Gasteiger partial charge in [-0.15, -0.1) is 0 Å². The van der Waals surface area contributed by atoms with Gasteiger partial charge in [-0.2, -0.15) is 0 Å². The molecular formula is C15H20FNO4. The van der Waals surface area contributed by atoms with Gasteiger partial charge >= 0.3 is 5.97 Å². The van der Waals surface area contributed by atoms with Crippen LogP contribution in [0.5, 0.6) is 5.75 Å². The molecule has 1 atom stereocenters. The maximum atomic E-state index is 13.3. The molecule has 0 saturated heterocycles. The van der Waals surface area contributed by atoms with Gasteiger partial charge in [0.15, 0.2) is 11.6 Å². The predicted octanol–water partition coefficient (Wildman–Crippen LogP) is 2.91. The van der Waals surface area contributed by atoms with Gasteiger partial charge in [-0.05, 0) is 25.0 Å². The number of benzene rings is 1. The molecule has 0 aliphatic heterocycles. The number of ether oxygens (including phenoxy) is 1. The lowest BCUT2D eigenvalue weighted by molar-refractivity contribution is -0.153. The van der Waals surface area contributed by atoms with Gasteiger partial charge in [0, 0.05) is 18.2 Å².